The van der Waals surface area contributed by atoms with Gasteiger partial charge in [0.25, 0.3) is 10.0 Å². The van der Waals surface area contributed by atoms with Gasteiger partial charge >= 0.3 is 5.97 Å². The molecule has 0 saturated carbocycles. The number of nitrogens with zero attached hydrogens (tertiary/aromatic N) is 1. The Hall–Kier alpha value is -3.94. The Bertz CT molecular complexity index is 1560. The van der Waals surface area contributed by atoms with Gasteiger partial charge in [-0.1, -0.05) is 36.4 Å². The quantitative estimate of drug-likeness (QED) is 0.256. The Morgan fingerprint density at radius 2 is 1.64 bits per heavy atom. The fourth-order valence-corrected chi connectivity index (χ4v) is 6.20. The summed E-state index contributed by atoms with van der Waals surface area (Å²) in [5.74, 6) is -0.0364. The summed E-state index contributed by atoms with van der Waals surface area (Å²) in [5, 5.41) is 6.10. The molecule has 0 saturated heterocycles. The maximum absolute atomic E-state index is 13.2. The summed E-state index contributed by atoms with van der Waals surface area (Å²) in [6.45, 7) is 3.13. The predicted molar refractivity (Wildman–Crippen MR) is 148 cm³/mol. The van der Waals surface area contributed by atoms with E-state index in [0.717, 1.165) is 0 Å². The van der Waals surface area contributed by atoms with Crippen LogP contribution in [-0.4, -0.2) is 48.5 Å². The van der Waals surface area contributed by atoms with Crippen LogP contribution in [0.1, 0.15) is 24.9 Å². The largest absolute Gasteiger partial charge is 0.466 e. The van der Waals surface area contributed by atoms with Crippen molar-refractivity contribution in [2.75, 3.05) is 29.7 Å². The molecule has 0 aromatic heterocycles. The highest BCUT2D eigenvalue weighted by Gasteiger charge is 2.25. The number of carbonyl (C=O) groups excluding carboxylic acids is 1. The molecular formula is C26H29N5O6S2. The number of guanidine groups is 1. The molecule has 1 unspecified atom stereocenters. The Labute approximate surface area is 227 Å². The van der Waals surface area contributed by atoms with Gasteiger partial charge in [-0.2, -0.15) is 0 Å². The molecule has 3 aromatic carbocycles. The summed E-state index contributed by atoms with van der Waals surface area (Å²) in [4.78, 5) is 16.6. The molecule has 13 heteroatoms. The number of nitrogens with one attached hydrogen (secondary N) is 4. The zero-order chi connectivity index (χ0) is 27.9. The van der Waals surface area contributed by atoms with Crippen molar-refractivity contribution < 1.29 is 26.4 Å². The minimum absolute atomic E-state index is 0.0179. The Morgan fingerprint density at radius 3 is 2.36 bits per heavy atom. The first-order chi connectivity index (χ1) is 18.7. The molecule has 0 radical (unpaired) electrons. The van der Waals surface area contributed by atoms with Gasteiger partial charge in [0, 0.05) is 17.9 Å². The molecule has 4 N–H and O–H groups in total. The lowest BCUT2D eigenvalue weighted by Gasteiger charge is -2.20. The number of benzene rings is 3. The first-order valence-electron chi connectivity index (χ1n) is 12.2. The average Bonchev–Trinajstić information content (AvgIpc) is 3.42. The number of esters is 1. The van der Waals surface area contributed by atoms with Gasteiger partial charge in [0.2, 0.25) is 10.0 Å². The first-order valence-corrected chi connectivity index (χ1v) is 15.1. The zero-order valence-electron chi connectivity index (χ0n) is 21.1. The van der Waals surface area contributed by atoms with Crippen molar-refractivity contribution in [1.29, 1.82) is 0 Å². The molecule has 3 aromatic rings. The fourth-order valence-electron chi connectivity index (χ4n) is 3.86. The molecule has 4 rings (SSSR count). The third kappa shape index (κ3) is 7.56. The highest BCUT2D eigenvalue weighted by molar-refractivity contribution is 7.92. The van der Waals surface area contributed by atoms with E-state index in [1.54, 1.807) is 49.4 Å². The van der Waals surface area contributed by atoms with Crippen molar-refractivity contribution in [3.05, 3.63) is 84.4 Å². The minimum Gasteiger partial charge on any atom is -0.466 e. The van der Waals surface area contributed by atoms with Gasteiger partial charge in [-0.3, -0.25) is 14.5 Å². The van der Waals surface area contributed by atoms with Crippen molar-refractivity contribution >= 4 is 43.4 Å². The van der Waals surface area contributed by atoms with E-state index in [4.69, 9.17) is 4.74 Å². The molecule has 1 aliphatic heterocycles. The van der Waals surface area contributed by atoms with Crippen LogP contribution in [0.15, 0.2) is 93.6 Å². The maximum atomic E-state index is 13.2. The van der Waals surface area contributed by atoms with E-state index in [1.807, 2.05) is 0 Å². The second-order valence-electron chi connectivity index (χ2n) is 8.54. The Balaban J connectivity index is 1.58. The number of anilines is 2. The molecule has 0 fully saturated rings. The SMILES string of the molecule is CCOC(=O)CC(NS(=O)(=O)c1ccccc1)c1cccc(NS(=O)(=O)c2cccc(NC3=NCCN3)c2)c1. The van der Waals surface area contributed by atoms with Crippen LogP contribution in [0.4, 0.5) is 11.4 Å². The van der Waals surface area contributed by atoms with Crippen LogP contribution < -0.4 is 20.1 Å². The third-order valence-corrected chi connectivity index (χ3v) is 8.52. The molecule has 39 heavy (non-hydrogen) atoms. The smallest absolute Gasteiger partial charge is 0.307 e. The number of hydrogen-bond acceptors (Lipinski definition) is 9. The number of hydrogen-bond donors (Lipinski definition) is 4. The van der Waals surface area contributed by atoms with Crippen LogP contribution in [-0.2, 0) is 29.6 Å². The van der Waals surface area contributed by atoms with E-state index in [2.05, 4.69) is 25.1 Å². The Kier molecular flexibility index (Phi) is 8.84. The summed E-state index contributed by atoms with van der Waals surface area (Å²) < 4.78 is 62.5. The molecule has 11 nitrogen and oxygen atoms in total. The maximum Gasteiger partial charge on any atom is 0.307 e. The highest BCUT2D eigenvalue weighted by Crippen LogP contribution is 2.26. The lowest BCUT2D eigenvalue weighted by Crippen LogP contribution is -2.31. The second-order valence-corrected chi connectivity index (χ2v) is 11.9. The van der Waals surface area contributed by atoms with Gasteiger partial charge in [-0.05, 0) is 55.0 Å². The van der Waals surface area contributed by atoms with Crippen molar-refractivity contribution in [3.8, 4) is 0 Å². The lowest BCUT2D eigenvalue weighted by atomic mass is 10.0. The number of rotatable bonds is 11. The second kappa shape index (κ2) is 12.3. The number of sulfonamides is 2. The van der Waals surface area contributed by atoms with Crippen LogP contribution >= 0.6 is 0 Å². The molecule has 0 spiro atoms. The van der Waals surface area contributed by atoms with Gasteiger partial charge in [-0.15, -0.1) is 0 Å². The summed E-state index contributed by atoms with van der Waals surface area (Å²) in [7, 11) is -7.99. The minimum atomic E-state index is -4.00. The molecule has 1 aliphatic rings. The van der Waals surface area contributed by atoms with Crippen LogP contribution in [0.5, 0.6) is 0 Å². The standard InChI is InChI=1S/C26H29N5O6S2/c1-2-37-25(32)18-24(31-38(33,34)22-11-4-3-5-12-22)19-8-6-10-21(16-19)30-39(35,36)23-13-7-9-20(17-23)29-26-27-14-15-28-26/h3-13,16-17,24,30-31H,2,14-15,18H2,1H3,(H2,27,28,29). The monoisotopic (exact) mass is 571 g/mol. The predicted octanol–water partition coefficient (Wildman–Crippen LogP) is 2.83. The Morgan fingerprint density at radius 1 is 0.923 bits per heavy atom. The average molecular weight is 572 g/mol. The molecule has 1 heterocycles. The van der Waals surface area contributed by atoms with Crippen LogP contribution in [0.2, 0.25) is 0 Å². The summed E-state index contributed by atoms with van der Waals surface area (Å²) in [6, 6.07) is 19.2. The normalized spacial score (nSPS) is 14.1. The van der Waals surface area contributed by atoms with Gasteiger partial charge in [-0.25, -0.2) is 21.6 Å². The van der Waals surface area contributed by atoms with Gasteiger partial charge < -0.3 is 15.4 Å². The first kappa shape index (κ1) is 28.1. The zero-order valence-corrected chi connectivity index (χ0v) is 22.8. The third-order valence-electron chi connectivity index (χ3n) is 5.65. The summed E-state index contributed by atoms with van der Waals surface area (Å²) in [5.41, 5.74) is 1.12. The van der Waals surface area contributed by atoms with E-state index < -0.39 is 32.1 Å². The molecule has 0 amide bonds. The van der Waals surface area contributed by atoms with E-state index in [-0.39, 0.29) is 28.5 Å². The van der Waals surface area contributed by atoms with Crippen molar-refractivity contribution in [1.82, 2.24) is 10.0 Å². The number of ether oxygens (including phenoxy) is 1. The number of carbonyl (C=O) groups is 1. The van der Waals surface area contributed by atoms with Gasteiger partial charge in [0.15, 0.2) is 5.96 Å². The summed E-state index contributed by atoms with van der Waals surface area (Å²) >= 11 is 0. The fraction of sp³-hybridized carbons (Fsp3) is 0.231. The topological polar surface area (TPSA) is 155 Å². The lowest BCUT2D eigenvalue weighted by molar-refractivity contribution is -0.143. The van der Waals surface area contributed by atoms with Crippen molar-refractivity contribution in [2.24, 2.45) is 4.99 Å². The van der Waals surface area contributed by atoms with Crippen molar-refractivity contribution in [3.63, 3.8) is 0 Å². The van der Waals surface area contributed by atoms with E-state index in [9.17, 15) is 21.6 Å². The van der Waals surface area contributed by atoms with Crippen molar-refractivity contribution in [2.45, 2.75) is 29.2 Å². The molecule has 1 atom stereocenters. The molecule has 0 aliphatic carbocycles. The van der Waals surface area contributed by atoms with Gasteiger partial charge in [0.1, 0.15) is 0 Å². The van der Waals surface area contributed by atoms with E-state index in [0.29, 0.717) is 30.3 Å². The highest BCUT2D eigenvalue weighted by atomic mass is 32.2. The van der Waals surface area contributed by atoms with Gasteiger partial charge in [0.05, 0.1) is 35.4 Å². The molecule has 206 valence electrons. The number of aliphatic imine (C=N–C) groups is 1. The molecule has 0 bridgehead atoms. The van der Waals surface area contributed by atoms with Crippen LogP contribution in [0, 0.1) is 0 Å². The van der Waals surface area contributed by atoms with Crippen LogP contribution in [0.25, 0.3) is 0 Å². The molecular weight excluding hydrogens is 542 g/mol. The van der Waals surface area contributed by atoms with E-state index in [1.165, 1.54) is 36.4 Å². The van der Waals surface area contributed by atoms with Crippen LogP contribution in [0.3, 0.4) is 0 Å². The van der Waals surface area contributed by atoms with E-state index >= 15 is 0 Å². The summed E-state index contributed by atoms with van der Waals surface area (Å²) in [6.07, 6.45) is -0.290.